The predicted octanol–water partition coefficient (Wildman–Crippen LogP) is 1.84. The molecule has 1 spiro atoms. The third-order valence-corrected chi connectivity index (χ3v) is 5.07. The number of allylic oxidation sites excluding steroid dienone is 1. The number of hydrogen-bond acceptors (Lipinski definition) is 5. The smallest absolute Gasteiger partial charge is 0.180 e. The fourth-order valence-corrected chi connectivity index (χ4v) is 3.79. The van der Waals surface area contributed by atoms with Gasteiger partial charge in [0.15, 0.2) is 11.6 Å². The van der Waals surface area contributed by atoms with Crippen LogP contribution in [0.2, 0.25) is 0 Å². The van der Waals surface area contributed by atoms with E-state index in [1.807, 2.05) is 0 Å². The second-order valence-corrected chi connectivity index (χ2v) is 6.72. The molecule has 1 saturated heterocycles. The van der Waals surface area contributed by atoms with E-state index in [4.69, 9.17) is 14.5 Å². The average molecular weight is 317 g/mol. The van der Waals surface area contributed by atoms with Gasteiger partial charge in [0, 0.05) is 39.4 Å². The van der Waals surface area contributed by atoms with Crippen LogP contribution in [0.1, 0.15) is 48.2 Å². The van der Waals surface area contributed by atoms with Crippen LogP contribution in [0, 0.1) is 0 Å². The van der Waals surface area contributed by atoms with E-state index in [1.54, 1.807) is 6.92 Å². The minimum absolute atomic E-state index is 0.0469. The van der Waals surface area contributed by atoms with E-state index in [9.17, 15) is 4.79 Å². The Bertz CT molecular complexity index is 671. The summed E-state index contributed by atoms with van der Waals surface area (Å²) in [5.41, 5.74) is 2.89. The molecule has 0 unspecified atom stereocenters. The normalized spacial score (nSPS) is 23.8. The molecular formula is C17H23N3O3. The zero-order chi connectivity index (χ0) is 16.0. The number of imidazole rings is 1. The van der Waals surface area contributed by atoms with Gasteiger partial charge in [-0.05, 0) is 19.0 Å². The molecule has 6 heteroatoms. The highest BCUT2D eigenvalue weighted by molar-refractivity contribution is 5.94. The lowest BCUT2D eigenvalue weighted by atomic mass is 9.93. The van der Waals surface area contributed by atoms with Crippen molar-refractivity contribution in [3.8, 4) is 0 Å². The first-order chi connectivity index (χ1) is 11.1. The summed E-state index contributed by atoms with van der Waals surface area (Å²) in [4.78, 5) is 18.9. The van der Waals surface area contributed by atoms with Crippen LogP contribution in [0.25, 0.3) is 5.57 Å². The van der Waals surface area contributed by atoms with Gasteiger partial charge in [-0.1, -0.05) is 6.08 Å². The van der Waals surface area contributed by atoms with Crippen molar-refractivity contribution < 1.29 is 14.3 Å². The van der Waals surface area contributed by atoms with Gasteiger partial charge in [-0.15, -0.1) is 0 Å². The van der Waals surface area contributed by atoms with Crippen LogP contribution in [0.15, 0.2) is 6.08 Å². The van der Waals surface area contributed by atoms with Gasteiger partial charge in [-0.25, -0.2) is 4.98 Å². The Morgan fingerprint density at radius 2 is 2.09 bits per heavy atom. The maximum atomic E-state index is 12.0. The average Bonchev–Trinajstić information content (AvgIpc) is 3.13. The summed E-state index contributed by atoms with van der Waals surface area (Å²) < 4.78 is 13.8. The van der Waals surface area contributed by atoms with E-state index in [0.717, 1.165) is 50.4 Å². The number of carbonyl (C=O) groups is 1. The van der Waals surface area contributed by atoms with E-state index >= 15 is 0 Å². The number of carbonyl (C=O) groups excluding carboxylic acids is 1. The first-order valence-corrected chi connectivity index (χ1v) is 8.34. The number of ketones is 1. The summed E-state index contributed by atoms with van der Waals surface area (Å²) >= 11 is 0. The van der Waals surface area contributed by atoms with E-state index in [1.165, 1.54) is 5.57 Å². The molecule has 1 aliphatic carbocycles. The van der Waals surface area contributed by atoms with Gasteiger partial charge in [0.05, 0.1) is 18.9 Å². The zero-order valence-electron chi connectivity index (χ0n) is 13.8. The van der Waals surface area contributed by atoms with E-state index in [0.29, 0.717) is 18.9 Å². The highest BCUT2D eigenvalue weighted by atomic mass is 16.7. The van der Waals surface area contributed by atoms with Crippen LogP contribution >= 0.6 is 0 Å². The van der Waals surface area contributed by atoms with Crippen LogP contribution in [-0.4, -0.2) is 52.8 Å². The second kappa shape index (κ2) is 5.54. The minimum atomic E-state index is -0.412. The maximum absolute atomic E-state index is 12.0. The summed E-state index contributed by atoms with van der Waals surface area (Å²) in [6.45, 7) is 5.62. The standard InChI is InChI=1S/C17H23N3O3/c1-12(21)15-14-11-19(2)7-8-20(14)16(18-15)13-3-5-17(6-4-13)22-9-10-23-17/h3H,4-11H2,1-2H3. The molecule has 0 radical (unpaired) electrons. The van der Waals surface area contributed by atoms with Crippen LogP contribution in [0.5, 0.6) is 0 Å². The molecule has 0 atom stereocenters. The van der Waals surface area contributed by atoms with Crippen molar-refractivity contribution in [3.05, 3.63) is 23.3 Å². The number of aromatic nitrogens is 2. The van der Waals surface area contributed by atoms with Gasteiger partial charge < -0.3 is 14.0 Å². The number of Topliss-reactive ketones (excluding diaryl/α,β-unsaturated/α-hetero) is 1. The van der Waals surface area contributed by atoms with Crippen molar-refractivity contribution in [2.75, 3.05) is 26.8 Å². The van der Waals surface area contributed by atoms with E-state index in [-0.39, 0.29) is 5.78 Å². The molecule has 4 rings (SSSR count). The van der Waals surface area contributed by atoms with Crippen molar-refractivity contribution in [3.63, 3.8) is 0 Å². The summed E-state index contributed by atoms with van der Waals surface area (Å²) in [5, 5.41) is 0. The van der Waals surface area contributed by atoms with Crippen LogP contribution < -0.4 is 0 Å². The van der Waals surface area contributed by atoms with Gasteiger partial charge in [0.1, 0.15) is 11.5 Å². The van der Waals surface area contributed by atoms with Gasteiger partial charge in [0.25, 0.3) is 0 Å². The summed E-state index contributed by atoms with van der Waals surface area (Å²) in [6, 6.07) is 0. The third-order valence-electron chi connectivity index (χ3n) is 5.07. The van der Waals surface area contributed by atoms with Crippen molar-refractivity contribution in [2.24, 2.45) is 0 Å². The number of fused-ring (bicyclic) bond motifs is 1. The third kappa shape index (κ3) is 2.55. The van der Waals surface area contributed by atoms with Crippen LogP contribution in [-0.2, 0) is 22.6 Å². The van der Waals surface area contributed by atoms with Crippen molar-refractivity contribution >= 4 is 11.4 Å². The first-order valence-electron chi connectivity index (χ1n) is 8.34. The Labute approximate surface area is 136 Å². The molecule has 3 aliphatic rings. The van der Waals surface area contributed by atoms with Gasteiger partial charge in [-0.2, -0.15) is 0 Å². The quantitative estimate of drug-likeness (QED) is 0.779. The predicted molar refractivity (Wildman–Crippen MR) is 85.0 cm³/mol. The number of hydrogen-bond donors (Lipinski definition) is 0. The van der Waals surface area contributed by atoms with E-state index < -0.39 is 5.79 Å². The summed E-state index contributed by atoms with van der Waals surface area (Å²) in [5.74, 6) is 0.599. The largest absolute Gasteiger partial charge is 0.347 e. The Kier molecular flexibility index (Phi) is 3.63. The highest BCUT2D eigenvalue weighted by Gasteiger charge is 2.38. The Balaban J connectivity index is 1.68. The maximum Gasteiger partial charge on any atom is 0.180 e. The molecule has 0 N–H and O–H groups in total. The Morgan fingerprint density at radius 3 is 2.74 bits per heavy atom. The fourth-order valence-electron chi connectivity index (χ4n) is 3.79. The molecule has 3 heterocycles. The molecule has 0 aromatic carbocycles. The highest BCUT2D eigenvalue weighted by Crippen LogP contribution is 2.38. The lowest BCUT2D eigenvalue weighted by Gasteiger charge is -2.31. The molecule has 124 valence electrons. The minimum Gasteiger partial charge on any atom is -0.347 e. The number of rotatable bonds is 2. The molecule has 2 aliphatic heterocycles. The number of likely N-dealkylation sites (N-methyl/N-ethyl adjacent to an activating group) is 1. The lowest BCUT2D eigenvalue weighted by Crippen LogP contribution is -2.33. The Morgan fingerprint density at radius 1 is 1.30 bits per heavy atom. The molecular weight excluding hydrogens is 294 g/mol. The molecule has 1 aromatic rings. The molecule has 0 saturated carbocycles. The fraction of sp³-hybridized carbons (Fsp3) is 0.647. The zero-order valence-corrected chi connectivity index (χ0v) is 13.8. The summed E-state index contributed by atoms with van der Waals surface area (Å²) in [7, 11) is 2.08. The monoisotopic (exact) mass is 317 g/mol. The van der Waals surface area contributed by atoms with E-state index in [2.05, 4.69) is 22.6 Å². The summed E-state index contributed by atoms with van der Waals surface area (Å²) in [6.07, 6.45) is 4.69. The van der Waals surface area contributed by atoms with Gasteiger partial charge in [0.2, 0.25) is 0 Å². The van der Waals surface area contributed by atoms with Gasteiger partial charge in [-0.3, -0.25) is 9.69 Å². The van der Waals surface area contributed by atoms with Crippen molar-refractivity contribution in [1.29, 1.82) is 0 Å². The topological polar surface area (TPSA) is 56.6 Å². The molecule has 6 nitrogen and oxygen atoms in total. The molecule has 1 fully saturated rings. The molecule has 23 heavy (non-hydrogen) atoms. The van der Waals surface area contributed by atoms with Gasteiger partial charge >= 0.3 is 0 Å². The first kappa shape index (κ1) is 15.1. The number of nitrogens with zero attached hydrogens (tertiary/aromatic N) is 3. The van der Waals surface area contributed by atoms with Crippen LogP contribution in [0.4, 0.5) is 0 Å². The SMILES string of the molecule is CC(=O)c1nc(C2=CCC3(CC2)OCCO3)n2c1CN(C)CC2. The second-order valence-electron chi connectivity index (χ2n) is 6.72. The molecule has 0 bridgehead atoms. The molecule has 0 amide bonds. The number of ether oxygens (including phenoxy) is 2. The van der Waals surface area contributed by atoms with Crippen molar-refractivity contribution in [1.82, 2.24) is 14.5 Å². The Hall–Kier alpha value is -1.50. The van der Waals surface area contributed by atoms with Crippen LogP contribution in [0.3, 0.4) is 0 Å². The van der Waals surface area contributed by atoms with Crippen molar-refractivity contribution in [2.45, 2.75) is 45.1 Å². The molecule has 1 aromatic heterocycles. The lowest BCUT2D eigenvalue weighted by molar-refractivity contribution is -0.159.